The molecule has 0 spiro atoms. The molecule has 1 N–H and O–H groups in total. The van der Waals surface area contributed by atoms with Crippen LogP contribution in [0.3, 0.4) is 0 Å². The molecule has 3 nitrogen and oxygen atoms in total. The van der Waals surface area contributed by atoms with Crippen molar-refractivity contribution in [2.45, 2.75) is 45.2 Å². The molecule has 1 saturated carbocycles. The van der Waals surface area contributed by atoms with Crippen LogP contribution >= 0.6 is 0 Å². The fourth-order valence-corrected chi connectivity index (χ4v) is 2.59. The van der Waals surface area contributed by atoms with E-state index in [0.717, 1.165) is 37.4 Å². The summed E-state index contributed by atoms with van der Waals surface area (Å²) in [6.07, 6.45) is 6.45. The smallest absolute Gasteiger partial charge is 0.170 e. The van der Waals surface area contributed by atoms with E-state index >= 15 is 0 Å². The molecule has 1 saturated heterocycles. The maximum atomic E-state index is 14.5. The molecule has 0 amide bonds. The Balaban J connectivity index is 1.71. The molecule has 2 fully saturated rings. The molecule has 1 aromatic rings. The molecule has 0 aromatic carbocycles. The van der Waals surface area contributed by atoms with Crippen molar-refractivity contribution >= 4 is 5.82 Å². The van der Waals surface area contributed by atoms with Gasteiger partial charge < -0.3 is 10.2 Å². The van der Waals surface area contributed by atoms with Crippen LogP contribution in [-0.2, 0) is 6.54 Å². The van der Waals surface area contributed by atoms with Gasteiger partial charge in [-0.3, -0.25) is 0 Å². The summed E-state index contributed by atoms with van der Waals surface area (Å²) in [5.74, 6) is 1.16. The number of pyridine rings is 1. The van der Waals surface area contributed by atoms with Crippen LogP contribution in [0.1, 0.15) is 38.2 Å². The Kier molecular flexibility index (Phi) is 3.69. The van der Waals surface area contributed by atoms with Crippen molar-refractivity contribution < 1.29 is 4.39 Å². The van der Waals surface area contributed by atoms with E-state index in [1.165, 1.54) is 12.8 Å². The van der Waals surface area contributed by atoms with Crippen molar-refractivity contribution in [2.75, 3.05) is 18.0 Å². The highest BCUT2D eigenvalue weighted by atomic mass is 19.1. The molecule has 1 aromatic heterocycles. The van der Waals surface area contributed by atoms with Crippen LogP contribution in [0.15, 0.2) is 12.3 Å². The molecule has 4 heteroatoms. The van der Waals surface area contributed by atoms with Gasteiger partial charge in [0.25, 0.3) is 0 Å². The first-order valence-corrected chi connectivity index (χ1v) is 7.35. The standard InChI is InChI=1S/C15H22FN3/c1-11-5-8-19(9-6-11)15-14(16)12(4-7-17-15)10-18-13-2-3-13/h4,7,11,13,18H,2-3,5-6,8-10H2,1H3. The fourth-order valence-electron chi connectivity index (χ4n) is 2.59. The minimum atomic E-state index is -0.134. The predicted octanol–water partition coefficient (Wildman–Crippen LogP) is 2.71. The van der Waals surface area contributed by atoms with Gasteiger partial charge in [0, 0.05) is 37.4 Å². The summed E-state index contributed by atoms with van der Waals surface area (Å²) in [6.45, 7) is 4.72. The van der Waals surface area contributed by atoms with Crippen molar-refractivity contribution in [1.82, 2.24) is 10.3 Å². The third kappa shape index (κ3) is 3.06. The number of aromatic nitrogens is 1. The Hall–Kier alpha value is -1.16. The number of halogens is 1. The third-order valence-corrected chi connectivity index (χ3v) is 4.19. The van der Waals surface area contributed by atoms with Crippen LogP contribution in [0.4, 0.5) is 10.2 Å². The lowest BCUT2D eigenvalue weighted by Gasteiger charge is -2.31. The molecular formula is C15H22FN3. The number of nitrogens with zero attached hydrogens (tertiary/aromatic N) is 2. The number of anilines is 1. The monoisotopic (exact) mass is 263 g/mol. The number of rotatable bonds is 4. The van der Waals surface area contributed by atoms with Gasteiger partial charge in [-0.2, -0.15) is 0 Å². The normalized spacial score (nSPS) is 20.8. The molecule has 0 unspecified atom stereocenters. The summed E-state index contributed by atoms with van der Waals surface area (Å²) >= 11 is 0. The molecule has 2 aliphatic rings. The summed E-state index contributed by atoms with van der Waals surface area (Å²) < 4.78 is 14.5. The SMILES string of the molecule is CC1CCN(c2nccc(CNC3CC3)c2F)CC1. The van der Waals surface area contributed by atoms with E-state index in [9.17, 15) is 4.39 Å². The van der Waals surface area contributed by atoms with E-state index in [4.69, 9.17) is 0 Å². The summed E-state index contributed by atoms with van der Waals surface area (Å²) in [4.78, 5) is 6.35. The first-order chi connectivity index (χ1) is 9.24. The second-order valence-corrected chi connectivity index (χ2v) is 5.93. The molecule has 19 heavy (non-hydrogen) atoms. The lowest BCUT2D eigenvalue weighted by atomic mass is 9.99. The van der Waals surface area contributed by atoms with Gasteiger partial charge in [0.15, 0.2) is 11.6 Å². The minimum absolute atomic E-state index is 0.134. The molecule has 0 bridgehead atoms. The number of hydrogen-bond donors (Lipinski definition) is 1. The quantitative estimate of drug-likeness (QED) is 0.905. The first-order valence-electron chi connectivity index (χ1n) is 7.35. The molecular weight excluding hydrogens is 241 g/mol. The van der Waals surface area contributed by atoms with Crippen molar-refractivity contribution in [3.05, 3.63) is 23.6 Å². The zero-order valence-electron chi connectivity index (χ0n) is 11.5. The molecule has 3 rings (SSSR count). The van der Waals surface area contributed by atoms with Crippen molar-refractivity contribution in [2.24, 2.45) is 5.92 Å². The second-order valence-electron chi connectivity index (χ2n) is 5.93. The van der Waals surface area contributed by atoms with Crippen molar-refractivity contribution in [1.29, 1.82) is 0 Å². The zero-order chi connectivity index (χ0) is 13.2. The maximum Gasteiger partial charge on any atom is 0.170 e. The van der Waals surface area contributed by atoms with Crippen LogP contribution in [0, 0.1) is 11.7 Å². The molecule has 2 heterocycles. The lowest BCUT2D eigenvalue weighted by Crippen LogP contribution is -2.34. The van der Waals surface area contributed by atoms with Gasteiger partial charge in [-0.1, -0.05) is 6.92 Å². The van der Waals surface area contributed by atoms with E-state index in [0.29, 0.717) is 18.4 Å². The number of nitrogens with one attached hydrogen (secondary N) is 1. The van der Waals surface area contributed by atoms with Crippen LogP contribution in [0.2, 0.25) is 0 Å². The first kappa shape index (κ1) is 12.9. The average molecular weight is 263 g/mol. The Bertz CT molecular complexity index is 437. The van der Waals surface area contributed by atoms with Gasteiger partial charge in [-0.05, 0) is 37.7 Å². The third-order valence-electron chi connectivity index (χ3n) is 4.19. The Labute approximate surface area is 114 Å². The molecule has 104 valence electrons. The van der Waals surface area contributed by atoms with Gasteiger partial charge >= 0.3 is 0 Å². The van der Waals surface area contributed by atoms with E-state index in [1.807, 2.05) is 0 Å². The minimum Gasteiger partial charge on any atom is -0.354 e. The highest BCUT2D eigenvalue weighted by Gasteiger charge is 2.23. The molecule has 0 radical (unpaired) electrons. The lowest BCUT2D eigenvalue weighted by molar-refractivity contribution is 0.431. The topological polar surface area (TPSA) is 28.2 Å². The molecule has 1 aliphatic heterocycles. The summed E-state index contributed by atoms with van der Waals surface area (Å²) in [5.41, 5.74) is 0.746. The largest absolute Gasteiger partial charge is 0.354 e. The summed E-state index contributed by atoms with van der Waals surface area (Å²) in [7, 11) is 0. The van der Waals surface area contributed by atoms with E-state index in [2.05, 4.69) is 22.1 Å². The van der Waals surface area contributed by atoms with Crippen LogP contribution in [0.5, 0.6) is 0 Å². The van der Waals surface area contributed by atoms with E-state index in [-0.39, 0.29) is 5.82 Å². The Morgan fingerprint density at radius 1 is 1.32 bits per heavy atom. The Morgan fingerprint density at radius 2 is 2.05 bits per heavy atom. The highest BCUT2D eigenvalue weighted by Crippen LogP contribution is 2.26. The number of piperidine rings is 1. The molecule has 1 aliphatic carbocycles. The van der Waals surface area contributed by atoms with Crippen LogP contribution in [0.25, 0.3) is 0 Å². The van der Waals surface area contributed by atoms with Gasteiger partial charge in [-0.15, -0.1) is 0 Å². The Morgan fingerprint density at radius 3 is 2.74 bits per heavy atom. The van der Waals surface area contributed by atoms with E-state index < -0.39 is 0 Å². The van der Waals surface area contributed by atoms with Gasteiger partial charge in [0.1, 0.15) is 0 Å². The van der Waals surface area contributed by atoms with Gasteiger partial charge in [-0.25, -0.2) is 9.37 Å². The maximum absolute atomic E-state index is 14.5. The molecule has 0 atom stereocenters. The van der Waals surface area contributed by atoms with Crippen molar-refractivity contribution in [3.63, 3.8) is 0 Å². The van der Waals surface area contributed by atoms with Gasteiger partial charge in [0.2, 0.25) is 0 Å². The predicted molar refractivity (Wildman–Crippen MR) is 74.7 cm³/mol. The summed E-state index contributed by atoms with van der Waals surface area (Å²) in [5, 5.41) is 3.36. The fraction of sp³-hybridized carbons (Fsp3) is 0.667. The zero-order valence-corrected chi connectivity index (χ0v) is 11.5. The second kappa shape index (κ2) is 5.45. The van der Waals surface area contributed by atoms with Crippen LogP contribution in [-0.4, -0.2) is 24.1 Å². The van der Waals surface area contributed by atoms with Crippen LogP contribution < -0.4 is 10.2 Å². The van der Waals surface area contributed by atoms with E-state index in [1.54, 1.807) is 12.3 Å². The van der Waals surface area contributed by atoms with Crippen molar-refractivity contribution in [3.8, 4) is 0 Å². The summed E-state index contributed by atoms with van der Waals surface area (Å²) in [6, 6.07) is 2.40. The number of hydrogen-bond acceptors (Lipinski definition) is 3. The average Bonchev–Trinajstić information content (AvgIpc) is 3.23. The van der Waals surface area contributed by atoms with Gasteiger partial charge in [0.05, 0.1) is 0 Å². The highest BCUT2D eigenvalue weighted by molar-refractivity contribution is 5.43.